The molecule has 0 amide bonds. The first-order valence-electron chi connectivity index (χ1n) is 6.47. The highest BCUT2D eigenvalue weighted by molar-refractivity contribution is 7.92. The van der Waals surface area contributed by atoms with Crippen LogP contribution in [0.3, 0.4) is 0 Å². The van der Waals surface area contributed by atoms with Gasteiger partial charge in [0, 0.05) is 16.5 Å². The fourth-order valence-electron chi connectivity index (χ4n) is 1.86. The summed E-state index contributed by atoms with van der Waals surface area (Å²) < 4.78 is 26.7. The molecule has 0 fully saturated rings. The summed E-state index contributed by atoms with van der Waals surface area (Å²) in [5, 5.41) is 1.75. The number of halogens is 1. The maximum absolute atomic E-state index is 12.0. The van der Waals surface area contributed by atoms with Gasteiger partial charge in [-0.05, 0) is 36.3 Å². The van der Waals surface area contributed by atoms with E-state index in [-0.39, 0.29) is 6.04 Å². The van der Waals surface area contributed by atoms with Crippen LogP contribution in [0.4, 0.5) is 0 Å². The third-order valence-corrected chi connectivity index (χ3v) is 4.34. The maximum atomic E-state index is 12.0. The maximum Gasteiger partial charge on any atom is 0.234 e. The number of sulfonamides is 1. The molecule has 0 radical (unpaired) electrons. The molecule has 5 heteroatoms. The molecular formula is C16H16ClNO2S. The van der Waals surface area contributed by atoms with Crippen molar-refractivity contribution in [1.82, 2.24) is 4.72 Å². The van der Waals surface area contributed by atoms with Crippen molar-refractivity contribution in [3.63, 3.8) is 0 Å². The zero-order valence-corrected chi connectivity index (χ0v) is 13.1. The largest absolute Gasteiger partial charge is 0.234 e. The van der Waals surface area contributed by atoms with Gasteiger partial charge in [-0.1, -0.05) is 54.1 Å². The summed E-state index contributed by atoms with van der Waals surface area (Å²) in [5.41, 5.74) is 1.65. The first kappa shape index (κ1) is 15.8. The standard InChI is InChI=1S/C16H16ClNO2S/c1-13(15-8-5-9-16(17)12-15)18-21(19,20)11-10-14-6-3-2-4-7-14/h2-13,18H,1H3/b11-10+/t13-/m1/s1. The van der Waals surface area contributed by atoms with Crippen LogP contribution in [-0.4, -0.2) is 8.42 Å². The van der Waals surface area contributed by atoms with Gasteiger partial charge in [0.05, 0.1) is 0 Å². The fourth-order valence-corrected chi connectivity index (χ4v) is 3.10. The molecule has 0 unspecified atom stereocenters. The van der Waals surface area contributed by atoms with Crippen molar-refractivity contribution in [3.8, 4) is 0 Å². The van der Waals surface area contributed by atoms with Gasteiger partial charge in [-0.2, -0.15) is 0 Å². The van der Waals surface area contributed by atoms with Gasteiger partial charge in [0.1, 0.15) is 0 Å². The van der Waals surface area contributed by atoms with Gasteiger partial charge in [0.15, 0.2) is 0 Å². The topological polar surface area (TPSA) is 46.2 Å². The van der Waals surface area contributed by atoms with Gasteiger partial charge < -0.3 is 0 Å². The predicted octanol–water partition coefficient (Wildman–Crippen LogP) is 3.99. The molecular weight excluding hydrogens is 306 g/mol. The quantitative estimate of drug-likeness (QED) is 0.905. The van der Waals surface area contributed by atoms with Crippen LogP contribution >= 0.6 is 11.6 Å². The summed E-state index contributed by atoms with van der Waals surface area (Å²) >= 11 is 5.91. The molecule has 0 aliphatic carbocycles. The van der Waals surface area contributed by atoms with Crippen LogP contribution in [0.1, 0.15) is 24.1 Å². The second-order valence-electron chi connectivity index (χ2n) is 4.65. The SMILES string of the molecule is C[C@@H](NS(=O)(=O)/C=C/c1ccccc1)c1cccc(Cl)c1. The van der Waals surface area contributed by atoms with Crippen LogP contribution < -0.4 is 4.72 Å². The molecule has 110 valence electrons. The minimum Gasteiger partial charge on any atom is -0.208 e. The van der Waals surface area contributed by atoms with E-state index < -0.39 is 10.0 Å². The van der Waals surface area contributed by atoms with Crippen molar-refractivity contribution in [2.45, 2.75) is 13.0 Å². The van der Waals surface area contributed by atoms with Crippen LogP contribution in [0.25, 0.3) is 6.08 Å². The third kappa shape index (κ3) is 5.01. The number of nitrogens with one attached hydrogen (secondary N) is 1. The number of hydrogen-bond acceptors (Lipinski definition) is 2. The molecule has 2 aromatic rings. The minimum atomic E-state index is -3.51. The molecule has 0 heterocycles. The molecule has 0 saturated heterocycles. The number of benzene rings is 2. The van der Waals surface area contributed by atoms with Crippen LogP contribution in [0.2, 0.25) is 5.02 Å². The summed E-state index contributed by atoms with van der Waals surface area (Å²) in [5.74, 6) is 0. The highest BCUT2D eigenvalue weighted by atomic mass is 35.5. The summed E-state index contributed by atoms with van der Waals surface area (Å²) in [6.07, 6.45) is 1.56. The first-order valence-corrected chi connectivity index (χ1v) is 8.40. The van der Waals surface area contributed by atoms with Crippen LogP contribution in [0, 0.1) is 0 Å². The van der Waals surface area contributed by atoms with E-state index >= 15 is 0 Å². The van der Waals surface area contributed by atoms with Gasteiger partial charge >= 0.3 is 0 Å². The van der Waals surface area contributed by atoms with E-state index in [1.807, 2.05) is 36.4 Å². The van der Waals surface area contributed by atoms with Crippen molar-refractivity contribution in [2.75, 3.05) is 0 Å². The Balaban J connectivity index is 2.09. The Morgan fingerprint density at radius 1 is 1.10 bits per heavy atom. The molecule has 1 N–H and O–H groups in total. The van der Waals surface area contributed by atoms with E-state index in [0.717, 1.165) is 11.1 Å². The highest BCUT2D eigenvalue weighted by Crippen LogP contribution is 2.18. The molecule has 0 aromatic heterocycles. The molecule has 1 atom stereocenters. The zero-order valence-electron chi connectivity index (χ0n) is 11.5. The lowest BCUT2D eigenvalue weighted by Gasteiger charge is -2.13. The van der Waals surface area contributed by atoms with Gasteiger partial charge in [-0.15, -0.1) is 0 Å². The van der Waals surface area contributed by atoms with Crippen molar-refractivity contribution >= 4 is 27.7 Å². The summed E-state index contributed by atoms with van der Waals surface area (Å²) in [6.45, 7) is 1.78. The molecule has 2 aromatic carbocycles. The Morgan fingerprint density at radius 2 is 1.81 bits per heavy atom. The Kier molecular flexibility index (Phi) is 5.17. The lowest BCUT2D eigenvalue weighted by Crippen LogP contribution is -2.24. The summed E-state index contributed by atoms with van der Waals surface area (Å²) in [4.78, 5) is 0. The second kappa shape index (κ2) is 6.89. The van der Waals surface area contributed by atoms with Gasteiger partial charge in [0.25, 0.3) is 0 Å². The normalized spacial score (nSPS) is 13.4. The monoisotopic (exact) mass is 321 g/mol. The number of rotatable bonds is 5. The predicted molar refractivity (Wildman–Crippen MR) is 87.4 cm³/mol. The molecule has 3 nitrogen and oxygen atoms in total. The first-order chi connectivity index (χ1) is 9.96. The minimum absolute atomic E-state index is 0.353. The average molecular weight is 322 g/mol. The van der Waals surface area contributed by atoms with Crippen molar-refractivity contribution < 1.29 is 8.42 Å². The van der Waals surface area contributed by atoms with Gasteiger partial charge in [-0.25, -0.2) is 13.1 Å². The third-order valence-electron chi connectivity index (χ3n) is 2.93. The molecule has 0 saturated carbocycles. The summed E-state index contributed by atoms with van der Waals surface area (Å²) in [6, 6.07) is 16.0. The van der Waals surface area contributed by atoms with Crippen LogP contribution in [-0.2, 0) is 10.0 Å². The van der Waals surface area contributed by atoms with Crippen LogP contribution in [0.5, 0.6) is 0 Å². The molecule has 0 aliphatic rings. The van der Waals surface area contributed by atoms with Crippen molar-refractivity contribution in [1.29, 1.82) is 0 Å². The molecule has 21 heavy (non-hydrogen) atoms. The average Bonchev–Trinajstić information content (AvgIpc) is 2.46. The Hall–Kier alpha value is -1.62. The van der Waals surface area contributed by atoms with E-state index in [2.05, 4.69) is 4.72 Å². The smallest absolute Gasteiger partial charge is 0.208 e. The molecule has 2 rings (SSSR count). The zero-order chi connectivity index (χ0) is 15.3. The van der Waals surface area contributed by atoms with E-state index in [1.54, 1.807) is 31.2 Å². The van der Waals surface area contributed by atoms with E-state index in [4.69, 9.17) is 11.6 Å². The van der Waals surface area contributed by atoms with Crippen LogP contribution in [0.15, 0.2) is 60.0 Å². The molecule has 0 spiro atoms. The second-order valence-corrected chi connectivity index (χ2v) is 6.69. The van der Waals surface area contributed by atoms with Gasteiger partial charge in [-0.3, -0.25) is 0 Å². The molecule has 0 aliphatic heterocycles. The lowest BCUT2D eigenvalue weighted by atomic mass is 10.1. The highest BCUT2D eigenvalue weighted by Gasteiger charge is 2.13. The van der Waals surface area contributed by atoms with E-state index in [0.29, 0.717) is 5.02 Å². The Labute approximate surface area is 130 Å². The number of hydrogen-bond donors (Lipinski definition) is 1. The van der Waals surface area contributed by atoms with E-state index in [1.165, 1.54) is 5.41 Å². The lowest BCUT2D eigenvalue weighted by molar-refractivity contribution is 0.576. The van der Waals surface area contributed by atoms with Crippen molar-refractivity contribution in [2.24, 2.45) is 0 Å². The summed E-state index contributed by atoms with van der Waals surface area (Å²) in [7, 11) is -3.51. The van der Waals surface area contributed by atoms with Gasteiger partial charge in [0.2, 0.25) is 10.0 Å². The van der Waals surface area contributed by atoms with E-state index in [9.17, 15) is 8.42 Å². The Morgan fingerprint density at radius 3 is 2.48 bits per heavy atom. The molecule has 0 bridgehead atoms. The fraction of sp³-hybridized carbons (Fsp3) is 0.125. The Bertz CT molecular complexity index is 727. The van der Waals surface area contributed by atoms with Crippen molar-refractivity contribution in [3.05, 3.63) is 76.2 Å².